The van der Waals surface area contributed by atoms with Crippen molar-refractivity contribution < 1.29 is 4.79 Å². The van der Waals surface area contributed by atoms with Crippen molar-refractivity contribution in [3.8, 4) is 6.07 Å². The van der Waals surface area contributed by atoms with Gasteiger partial charge in [0, 0.05) is 12.6 Å². The number of nitrogens with zero attached hydrogens (tertiary/aromatic N) is 4. The highest BCUT2D eigenvalue weighted by molar-refractivity contribution is 6.03. The van der Waals surface area contributed by atoms with Gasteiger partial charge in [0.05, 0.1) is 11.3 Å². The first-order chi connectivity index (χ1) is 11.6. The minimum absolute atomic E-state index is 0.243. The van der Waals surface area contributed by atoms with E-state index in [1.165, 1.54) is 6.33 Å². The van der Waals surface area contributed by atoms with Gasteiger partial charge in [-0.25, -0.2) is 9.97 Å². The number of aromatic nitrogens is 2. The first kappa shape index (κ1) is 17.4. The quantitative estimate of drug-likeness (QED) is 0.756. The molecule has 0 fully saturated rings. The molecular formula is C17H20N6O. The summed E-state index contributed by atoms with van der Waals surface area (Å²) in [6.45, 7) is 1.73. The molecule has 0 saturated carbocycles. The zero-order valence-electron chi connectivity index (χ0n) is 13.8. The molecule has 0 atom stereocenters. The van der Waals surface area contributed by atoms with E-state index in [0.29, 0.717) is 17.1 Å². The Balaban J connectivity index is 2.00. The number of nitriles is 1. The van der Waals surface area contributed by atoms with Crippen LogP contribution >= 0.6 is 0 Å². The summed E-state index contributed by atoms with van der Waals surface area (Å²) in [5.41, 5.74) is 1.11. The van der Waals surface area contributed by atoms with Crippen molar-refractivity contribution in [2.24, 2.45) is 0 Å². The van der Waals surface area contributed by atoms with E-state index in [2.05, 4.69) is 25.5 Å². The van der Waals surface area contributed by atoms with E-state index >= 15 is 0 Å². The van der Waals surface area contributed by atoms with Gasteiger partial charge in [0.25, 0.3) is 5.91 Å². The zero-order valence-corrected chi connectivity index (χ0v) is 13.8. The van der Waals surface area contributed by atoms with Gasteiger partial charge >= 0.3 is 0 Å². The molecule has 7 heteroatoms. The number of carbonyl (C=O) groups is 1. The van der Waals surface area contributed by atoms with Gasteiger partial charge in [-0.2, -0.15) is 5.26 Å². The Bertz CT molecular complexity index is 738. The zero-order chi connectivity index (χ0) is 17.4. The van der Waals surface area contributed by atoms with Gasteiger partial charge in [0.2, 0.25) is 0 Å². The minimum Gasteiger partial charge on any atom is -0.370 e. The number of hydrogen-bond acceptors (Lipinski definition) is 6. The van der Waals surface area contributed by atoms with Crippen LogP contribution in [0.5, 0.6) is 0 Å². The highest BCUT2D eigenvalue weighted by Crippen LogP contribution is 2.15. The van der Waals surface area contributed by atoms with Crippen LogP contribution in [0.25, 0.3) is 0 Å². The molecule has 0 unspecified atom stereocenters. The minimum atomic E-state index is -0.378. The average Bonchev–Trinajstić information content (AvgIpc) is 2.59. The summed E-state index contributed by atoms with van der Waals surface area (Å²) in [5.74, 6) is 0.221. The third-order valence-electron chi connectivity index (χ3n) is 3.28. The van der Waals surface area contributed by atoms with Gasteiger partial charge in [0.1, 0.15) is 23.9 Å². The number of hydrogen-bond donors (Lipinski definition) is 2. The maximum Gasteiger partial charge on any atom is 0.274 e. The van der Waals surface area contributed by atoms with Crippen molar-refractivity contribution >= 4 is 17.4 Å². The Labute approximate surface area is 141 Å². The third-order valence-corrected chi connectivity index (χ3v) is 3.28. The van der Waals surface area contributed by atoms with Crippen LogP contribution in [0.15, 0.2) is 36.7 Å². The third kappa shape index (κ3) is 5.04. The largest absolute Gasteiger partial charge is 0.370 e. The summed E-state index contributed by atoms with van der Waals surface area (Å²) in [4.78, 5) is 22.5. The summed E-state index contributed by atoms with van der Waals surface area (Å²) >= 11 is 0. The monoisotopic (exact) mass is 324 g/mol. The molecule has 1 amide bonds. The molecule has 0 radical (unpaired) electrons. The van der Waals surface area contributed by atoms with Crippen LogP contribution in [-0.4, -0.2) is 48.0 Å². The van der Waals surface area contributed by atoms with Crippen LogP contribution in [0.1, 0.15) is 22.5 Å². The number of rotatable bonds is 7. The summed E-state index contributed by atoms with van der Waals surface area (Å²) < 4.78 is 0. The number of para-hydroxylation sites is 1. The lowest BCUT2D eigenvalue weighted by atomic mass is 10.2. The van der Waals surface area contributed by atoms with E-state index in [4.69, 9.17) is 5.26 Å². The molecule has 0 aliphatic rings. The SMILES string of the molecule is CN(C)CCCNc1cc(C(=O)Nc2ccccc2C#N)ncn1. The maximum atomic E-state index is 12.3. The number of carbonyl (C=O) groups excluding carboxylic acids is 1. The lowest BCUT2D eigenvalue weighted by Gasteiger charge is -2.10. The van der Waals surface area contributed by atoms with E-state index in [1.807, 2.05) is 20.2 Å². The summed E-state index contributed by atoms with van der Waals surface area (Å²) in [6, 6.07) is 10.5. The standard InChI is InChI=1S/C17H20N6O/c1-23(2)9-5-8-19-16-10-15(20-12-21-16)17(24)22-14-7-4-3-6-13(14)11-18/h3-4,6-7,10,12H,5,8-9H2,1-2H3,(H,22,24)(H,19,20,21). The molecule has 1 aromatic heterocycles. The second-order valence-corrected chi connectivity index (χ2v) is 5.48. The number of benzene rings is 1. The van der Waals surface area contributed by atoms with Crippen LogP contribution in [0.2, 0.25) is 0 Å². The molecule has 2 rings (SSSR count). The molecule has 124 valence electrons. The van der Waals surface area contributed by atoms with Gasteiger partial charge < -0.3 is 15.5 Å². The smallest absolute Gasteiger partial charge is 0.274 e. The lowest BCUT2D eigenvalue weighted by molar-refractivity contribution is 0.102. The molecule has 24 heavy (non-hydrogen) atoms. The van der Waals surface area contributed by atoms with Crippen molar-refractivity contribution in [1.82, 2.24) is 14.9 Å². The molecule has 2 N–H and O–H groups in total. The van der Waals surface area contributed by atoms with Crippen molar-refractivity contribution in [2.45, 2.75) is 6.42 Å². The van der Waals surface area contributed by atoms with Crippen molar-refractivity contribution in [3.63, 3.8) is 0 Å². The first-order valence-electron chi connectivity index (χ1n) is 7.61. The second-order valence-electron chi connectivity index (χ2n) is 5.48. The van der Waals surface area contributed by atoms with Crippen LogP contribution in [-0.2, 0) is 0 Å². The molecule has 0 saturated heterocycles. The Morgan fingerprint density at radius 2 is 2.08 bits per heavy atom. The molecule has 0 aliphatic carbocycles. The fraction of sp³-hybridized carbons (Fsp3) is 0.294. The molecule has 0 spiro atoms. The Morgan fingerprint density at radius 3 is 2.83 bits per heavy atom. The van der Waals surface area contributed by atoms with E-state index in [-0.39, 0.29) is 11.6 Å². The van der Waals surface area contributed by atoms with Crippen LogP contribution in [0.3, 0.4) is 0 Å². The Kier molecular flexibility index (Phi) is 6.23. The molecule has 2 aromatic rings. The van der Waals surface area contributed by atoms with Crippen LogP contribution in [0, 0.1) is 11.3 Å². The predicted octanol–water partition coefficient (Wildman–Crippen LogP) is 1.96. The van der Waals surface area contributed by atoms with Gasteiger partial charge in [-0.1, -0.05) is 12.1 Å². The van der Waals surface area contributed by atoms with E-state index in [0.717, 1.165) is 19.5 Å². The second kappa shape index (κ2) is 8.60. The van der Waals surface area contributed by atoms with E-state index in [1.54, 1.807) is 30.3 Å². The highest BCUT2D eigenvalue weighted by Gasteiger charge is 2.11. The number of amides is 1. The summed E-state index contributed by atoms with van der Waals surface area (Å²) in [5, 5.41) is 14.9. The van der Waals surface area contributed by atoms with Crippen molar-refractivity contribution in [3.05, 3.63) is 47.9 Å². The van der Waals surface area contributed by atoms with E-state index < -0.39 is 0 Å². The van der Waals surface area contributed by atoms with Gasteiger partial charge in [-0.05, 0) is 39.2 Å². The van der Waals surface area contributed by atoms with Crippen molar-refractivity contribution in [1.29, 1.82) is 5.26 Å². The fourth-order valence-electron chi connectivity index (χ4n) is 2.07. The predicted molar refractivity (Wildman–Crippen MR) is 92.8 cm³/mol. The number of anilines is 2. The normalized spacial score (nSPS) is 10.2. The molecule has 1 heterocycles. The summed E-state index contributed by atoms with van der Waals surface area (Å²) in [6.07, 6.45) is 2.31. The first-order valence-corrected chi connectivity index (χ1v) is 7.61. The van der Waals surface area contributed by atoms with Gasteiger partial charge in [-0.15, -0.1) is 0 Å². The molecule has 0 aliphatic heterocycles. The Hall–Kier alpha value is -2.98. The van der Waals surface area contributed by atoms with Crippen LogP contribution in [0.4, 0.5) is 11.5 Å². The maximum absolute atomic E-state index is 12.3. The molecule has 7 nitrogen and oxygen atoms in total. The van der Waals surface area contributed by atoms with Crippen LogP contribution < -0.4 is 10.6 Å². The fourth-order valence-corrected chi connectivity index (χ4v) is 2.07. The van der Waals surface area contributed by atoms with Crippen molar-refractivity contribution in [2.75, 3.05) is 37.8 Å². The summed E-state index contributed by atoms with van der Waals surface area (Å²) in [7, 11) is 4.04. The van der Waals surface area contributed by atoms with Gasteiger partial charge in [0.15, 0.2) is 0 Å². The topological polar surface area (TPSA) is 93.9 Å². The lowest BCUT2D eigenvalue weighted by Crippen LogP contribution is -2.18. The molecular weight excluding hydrogens is 304 g/mol. The molecule has 1 aromatic carbocycles. The van der Waals surface area contributed by atoms with E-state index in [9.17, 15) is 4.79 Å². The number of nitrogens with one attached hydrogen (secondary N) is 2. The highest BCUT2D eigenvalue weighted by atomic mass is 16.1. The average molecular weight is 324 g/mol. The molecule has 0 bridgehead atoms. The Morgan fingerprint density at radius 1 is 1.29 bits per heavy atom. The van der Waals surface area contributed by atoms with Gasteiger partial charge in [-0.3, -0.25) is 4.79 Å².